The Bertz CT molecular complexity index is 523. The number of rotatable bonds is 1. The molecule has 1 heterocycles. The molecule has 0 bridgehead atoms. The number of nitrogens with zero attached hydrogens (tertiary/aromatic N) is 1. The summed E-state index contributed by atoms with van der Waals surface area (Å²) >= 11 is 1.08. The van der Waals surface area contributed by atoms with Crippen molar-refractivity contribution in [2.75, 3.05) is 5.73 Å². The molecule has 6 heteroatoms. The maximum absolute atomic E-state index is 13.3. The zero-order valence-electron chi connectivity index (χ0n) is 6.86. The fourth-order valence-electron chi connectivity index (χ4n) is 1.22. The van der Waals surface area contributed by atoms with E-state index in [1.807, 2.05) is 0 Å². The minimum absolute atomic E-state index is 0.257. The Morgan fingerprint density at radius 2 is 2.14 bits per heavy atom. The Morgan fingerprint density at radius 3 is 2.79 bits per heavy atom. The van der Waals surface area contributed by atoms with Crippen LogP contribution in [0.1, 0.15) is 0 Å². The number of anilines is 1. The van der Waals surface area contributed by atoms with E-state index in [0.29, 0.717) is 15.1 Å². The van der Waals surface area contributed by atoms with Crippen molar-refractivity contribution in [3.63, 3.8) is 0 Å². The lowest BCUT2D eigenvalue weighted by atomic mass is 10.2. The SMILES string of the molecule is Nc1cc2cc([N+](=O)[O-])cc(F)c2s1. The van der Waals surface area contributed by atoms with Crippen molar-refractivity contribution in [2.24, 2.45) is 0 Å². The van der Waals surface area contributed by atoms with Gasteiger partial charge in [0.15, 0.2) is 0 Å². The number of fused-ring (bicyclic) bond motifs is 1. The van der Waals surface area contributed by atoms with Crippen LogP contribution in [0.2, 0.25) is 0 Å². The van der Waals surface area contributed by atoms with Gasteiger partial charge in [-0.1, -0.05) is 0 Å². The third kappa shape index (κ3) is 1.29. The van der Waals surface area contributed by atoms with E-state index in [0.717, 1.165) is 17.4 Å². The average molecular weight is 212 g/mol. The van der Waals surface area contributed by atoms with Gasteiger partial charge in [0.1, 0.15) is 5.82 Å². The highest BCUT2D eigenvalue weighted by Gasteiger charge is 2.13. The van der Waals surface area contributed by atoms with Gasteiger partial charge in [0.25, 0.3) is 5.69 Å². The Morgan fingerprint density at radius 1 is 1.43 bits per heavy atom. The quantitative estimate of drug-likeness (QED) is 0.583. The van der Waals surface area contributed by atoms with Gasteiger partial charge in [0, 0.05) is 11.5 Å². The minimum Gasteiger partial charge on any atom is -0.391 e. The standard InChI is InChI=1S/C8H5FN2O2S/c9-6-3-5(11(12)13)1-4-2-7(10)14-8(4)6/h1-3H,10H2. The summed E-state index contributed by atoms with van der Waals surface area (Å²) in [5.41, 5.74) is 5.21. The number of benzene rings is 1. The molecule has 2 rings (SSSR count). The van der Waals surface area contributed by atoms with Crippen LogP contribution in [-0.4, -0.2) is 4.92 Å². The molecule has 0 spiro atoms. The Balaban J connectivity index is 2.77. The van der Waals surface area contributed by atoms with Crippen molar-refractivity contribution in [1.82, 2.24) is 0 Å². The fourth-order valence-corrected chi connectivity index (χ4v) is 2.03. The van der Waals surface area contributed by atoms with Crippen molar-refractivity contribution in [3.8, 4) is 0 Å². The molecule has 2 N–H and O–H groups in total. The second-order valence-electron chi connectivity index (χ2n) is 2.75. The molecular weight excluding hydrogens is 207 g/mol. The zero-order valence-corrected chi connectivity index (χ0v) is 7.68. The number of non-ortho nitro benzene ring substituents is 1. The zero-order chi connectivity index (χ0) is 10.3. The summed E-state index contributed by atoms with van der Waals surface area (Å²) in [5, 5.41) is 11.3. The van der Waals surface area contributed by atoms with E-state index in [-0.39, 0.29) is 5.69 Å². The Kier molecular flexibility index (Phi) is 1.85. The summed E-state index contributed by atoms with van der Waals surface area (Å²) < 4.78 is 13.6. The van der Waals surface area contributed by atoms with Crippen LogP contribution in [0.4, 0.5) is 15.1 Å². The molecule has 2 aromatic rings. The first-order valence-corrected chi connectivity index (χ1v) is 4.52. The largest absolute Gasteiger partial charge is 0.391 e. The maximum atomic E-state index is 13.3. The molecule has 0 saturated heterocycles. The van der Waals surface area contributed by atoms with Gasteiger partial charge in [-0.25, -0.2) is 4.39 Å². The van der Waals surface area contributed by atoms with Gasteiger partial charge in [-0.05, 0) is 6.07 Å². The Hall–Kier alpha value is -1.69. The number of hydrogen-bond acceptors (Lipinski definition) is 4. The lowest BCUT2D eigenvalue weighted by Gasteiger charge is -1.93. The third-order valence-corrected chi connectivity index (χ3v) is 2.77. The monoisotopic (exact) mass is 212 g/mol. The summed E-state index contributed by atoms with van der Waals surface area (Å²) in [5.74, 6) is -0.601. The summed E-state index contributed by atoms with van der Waals surface area (Å²) in [6, 6.07) is 3.74. The summed E-state index contributed by atoms with van der Waals surface area (Å²) in [4.78, 5) is 9.79. The average Bonchev–Trinajstić information content (AvgIpc) is 2.45. The van der Waals surface area contributed by atoms with Crippen molar-refractivity contribution < 1.29 is 9.31 Å². The fraction of sp³-hybridized carbons (Fsp3) is 0. The summed E-state index contributed by atoms with van der Waals surface area (Å²) in [6.07, 6.45) is 0. The Labute approximate surface area is 81.9 Å². The van der Waals surface area contributed by atoms with Gasteiger partial charge in [-0.3, -0.25) is 10.1 Å². The summed E-state index contributed by atoms with van der Waals surface area (Å²) in [7, 11) is 0. The highest BCUT2D eigenvalue weighted by atomic mass is 32.1. The van der Waals surface area contributed by atoms with Crippen molar-refractivity contribution in [3.05, 3.63) is 34.1 Å². The number of thiophene rings is 1. The molecule has 0 atom stereocenters. The van der Waals surface area contributed by atoms with Crippen molar-refractivity contribution in [1.29, 1.82) is 0 Å². The molecule has 0 radical (unpaired) electrons. The van der Waals surface area contributed by atoms with Crippen LogP contribution in [0.25, 0.3) is 10.1 Å². The van der Waals surface area contributed by atoms with E-state index in [2.05, 4.69) is 0 Å². The molecule has 0 aliphatic rings. The molecule has 0 aliphatic heterocycles. The number of halogens is 1. The lowest BCUT2D eigenvalue weighted by Crippen LogP contribution is -1.88. The predicted molar refractivity (Wildman–Crippen MR) is 52.8 cm³/mol. The molecule has 0 saturated carbocycles. The molecule has 1 aromatic carbocycles. The van der Waals surface area contributed by atoms with Crippen LogP contribution in [0, 0.1) is 15.9 Å². The van der Waals surface area contributed by atoms with Crippen LogP contribution < -0.4 is 5.73 Å². The van der Waals surface area contributed by atoms with E-state index < -0.39 is 10.7 Å². The minimum atomic E-state index is -0.629. The van der Waals surface area contributed by atoms with Crippen LogP contribution in [0.5, 0.6) is 0 Å². The number of nitro groups is 1. The van der Waals surface area contributed by atoms with Crippen LogP contribution in [0.3, 0.4) is 0 Å². The number of nitro benzene ring substituents is 1. The molecule has 4 nitrogen and oxygen atoms in total. The molecular formula is C8H5FN2O2S. The molecule has 14 heavy (non-hydrogen) atoms. The van der Waals surface area contributed by atoms with Gasteiger partial charge in [0.05, 0.1) is 20.7 Å². The first-order chi connectivity index (χ1) is 6.58. The van der Waals surface area contributed by atoms with E-state index in [4.69, 9.17) is 5.73 Å². The van der Waals surface area contributed by atoms with Gasteiger partial charge in [-0.2, -0.15) is 0 Å². The van der Waals surface area contributed by atoms with Crippen LogP contribution in [-0.2, 0) is 0 Å². The molecule has 0 fully saturated rings. The summed E-state index contributed by atoms with van der Waals surface area (Å²) in [6.45, 7) is 0. The van der Waals surface area contributed by atoms with E-state index in [1.54, 1.807) is 0 Å². The van der Waals surface area contributed by atoms with Gasteiger partial charge < -0.3 is 5.73 Å². The normalized spacial score (nSPS) is 10.6. The van der Waals surface area contributed by atoms with Crippen LogP contribution in [0.15, 0.2) is 18.2 Å². The molecule has 0 amide bonds. The second-order valence-corrected chi connectivity index (χ2v) is 3.84. The lowest BCUT2D eigenvalue weighted by molar-refractivity contribution is -0.384. The molecule has 1 aromatic heterocycles. The predicted octanol–water partition coefficient (Wildman–Crippen LogP) is 2.53. The van der Waals surface area contributed by atoms with E-state index in [9.17, 15) is 14.5 Å². The number of nitrogen functional groups attached to an aromatic ring is 1. The smallest absolute Gasteiger partial charge is 0.273 e. The first kappa shape index (κ1) is 8.89. The highest BCUT2D eigenvalue weighted by Crippen LogP contribution is 2.32. The molecule has 0 aliphatic carbocycles. The number of hydrogen-bond donors (Lipinski definition) is 1. The van der Waals surface area contributed by atoms with Gasteiger partial charge >= 0.3 is 0 Å². The van der Waals surface area contributed by atoms with Crippen LogP contribution >= 0.6 is 11.3 Å². The van der Waals surface area contributed by atoms with Gasteiger partial charge in [-0.15, -0.1) is 11.3 Å². The first-order valence-electron chi connectivity index (χ1n) is 3.71. The molecule has 0 unspecified atom stereocenters. The number of nitrogens with two attached hydrogens (primary N) is 1. The van der Waals surface area contributed by atoms with E-state index >= 15 is 0 Å². The molecule has 72 valence electrons. The third-order valence-electron chi connectivity index (χ3n) is 1.79. The second kappa shape index (κ2) is 2.91. The topological polar surface area (TPSA) is 69.2 Å². The van der Waals surface area contributed by atoms with Gasteiger partial charge in [0.2, 0.25) is 0 Å². The maximum Gasteiger partial charge on any atom is 0.273 e. The highest BCUT2D eigenvalue weighted by molar-refractivity contribution is 7.22. The van der Waals surface area contributed by atoms with Crippen molar-refractivity contribution >= 4 is 32.1 Å². The van der Waals surface area contributed by atoms with E-state index in [1.165, 1.54) is 12.1 Å². The van der Waals surface area contributed by atoms with Crippen molar-refractivity contribution in [2.45, 2.75) is 0 Å².